The van der Waals surface area contributed by atoms with Crippen molar-refractivity contribution in [3.8, 4) is 0 Å². The summed E-state index contributed by atoms with van der Waals surface area (Å²) >= 11 is 0. The van der Waals surface area contributed by atoms with Gasteiger partial charge in [0.1, 0.15) is 0 Å². The zero-order valence-electron chi connectivity index (χ0n) is 11.2. The number of carbonyl (C=O) groups excluding carboxylic acids is 3. The van der Waals surface area contributed by atoms with Crippen LogP contribution in [0.2, 0.25) is 0 Å². The highest BCUT2D eigenvalue weighted by molar-refractivity contribution is 6.08. The first-order chi connectivity index (χ1) is 10.2. The molecular weight excluding hydrogens is 268 g/mol. The largest absolute Gasteiger partial charge is 0.272 e. The first kappa shape index (κ1) is 12.3. The predicted molar refractivity (Wildman–Crippen MR) is 73.5 cm³/mol. The number of hydrogen-bond acceptors (Lipinski definition) is 3. The van der Waals surface area contributed by atoms with Crippen LogP contribution in [0.1, 0.15) is 16.8 Å². The van der Waals surface area contributed by atoms with Crippen LogP contribution in [-0.4, -0.2) is 22.7 Å². The van der Waals surface area contributed by atoms with Crippen molar-refractivity contribution in [3.05, 3.63) is 48.0 Å². The maximum atomic E-state index is 12.4. The van der Waals surface area contributed by atoms with Crippen molar-refractivity contribution in [1.29, 1.82) is 0 Å². The number of benzene rings is 1. The normalized spacial score (nSPS) is 32.7. The van der Waals surface area contributed by atoms with Crippen LogP contribution >= 0.6 is 0 Å². The van der Waals surface area contributed by atoms with Gasteiger partial charge in [-0.05, 0) is 30.4 Å². The van der Waals surface area contributed by atoms with Gasteiger partial charge in [0.15, 0.2) is 0 Å². The average Bonchev–Trinajstić information content (AvgIpc) is 3.18. The number of allylic oxidation sites excluding steroid dienone is 2. The Morgan fingerprint density at radius 3 is 2.14 bits per heavy atom. The van der Waals surface area contributed by atoms with E-state index in [-0.39, 0.29) is 35.5 Å². The SMILES string of the molecule is O=C(NN1C(=O)[C@@H]2[C@H](C1=O)[C@H]1C=C[C@@H]2C1)c1ccccc1. The van der Waals surface area contributed by atoms with Crippen molar-refractivity contribution in [2.75, 3.05) is 0 Å². The lowest BCUT2D eigenvalue weighted by atomic mass is 9.85. The van der Waals surface area contributed by atoms with Gasteiger partial charge in [-0.2, -0.15) is 5.01 Å². The summed E-state index contributed by atoms with van der Waals surface area (Å²) in [7, 11) is 0. The van der Waals surface area contributed by atoms with E-state index in [9.17, 15) is 14.4 Å². The van der Waals surface area contributed by atoms with E-state index in [1.807, 2.05) is 12.2 Å². The van der Waals surface area contributed by atoms with Crippen LogP contribution in [0.15, 0.2) is 42.5 Å². The smallest absolute Gasteiger partial charge is 0.270 e. The number of imide groups is 1. The van der Waals surface area contributed by atoms with Gasteiger partial charge in [0, 0.05) is 5.56 Å². The van der Waals surface area contributed by atoms with Gasteiger partial charge in [0.25, 0.3) is 17.7 Å². The molecule has 5 nitrogen and oxygen atoms in total. The zero-order valence-corrected chi connectivity index (χ0v) is 11.2. The number of hydrazine groups is 1. The van der Waals surface area contributed by atoms with Crippen LogP contribution in [0.3, 0.4) is 0 Å². The lowest BCUT2D eigenvalue weighted by Gasteiger charge is -2.17. The molecule has 2 bridgehead atoms. The van der Waals surface area contributed by atoms with Crippen molar-refractivity contribution in [2.24, 2.45) is 23.7 Å². The fourth-order valence-corrected chi connectivity index (χ4v) is 3.77. The lowest BCUT2D eigenvalue weighted by molar-refractivity contribution is -0.143. The molecule has 1 heterocycles. The monoisotopic (exact) mass is 282 g/mol. The van der Waals surface area contributed by atoms with Crippen molar-refractivity contribution < 1.29 is 14.4 Å². The highest BCUT2D eigenvalue weighted by atomic mass is 16.2. The lowest BCUT2D eigenvalue weighted by Crippen LogP contribution is -2.47. The van der Waals surface area contributed by atoms with Crippen LogP contribution in [0.25, 0.3) is 0 Å². The van der Waals surface area contributed by atoms with Crippen molar-refractivity contribution in [1.82, 2.24) is 10.4 Å². The molecule has 0 spiro atoms. The van der Waals surface area contributed by atoms with Gasteiger partial charge in [-0.3, -0.25) is 19.8 Å². The standard InChI is InChI=1S/C16H14N2O3/c19-14(9-4-2-1-3-5-9)17-18-15(20)12-10-6-7-11(8-10)13(12)16(18)21/h1-7,10-13H,8H2,(H,17,19)/t10-,11+,12+,13-. The van der Waals surface area contributed by atoms with Gasteiger partial charge in [-0.15, -0.1) is 0 Å². The van der Waals surface area contributed by atoms with Gasteiger partial charge in [0.05, 0.1) is 11.8 Å². The van der Waals surface area contributed by atoms with Crippen LogP contribution in [-0.2, 0) is 9.59 Å². The molecular formula is C16H14N2O3. The third kappa shape index (κ3) is 1.67. The quantitative estimate of drug-likeness (QED) is 0.653. The molecule has 1 aliphatic heterocycles. The topological polar surface area (TPSA) is 66.5 Å². The Kier molecular flexibility index (Phi) is 2.51. The van der Waals surface area contributed by atoms with Crippen LogP contribution < -0.4 is 5.43 Å². The molecule has 5 heteroatoms. The molecule has 3 aliphatic rings. The third-order valence-electron chi connectivity index (χ3n) is 4.72. The molecule has 1 aromatic carbocycles. The van der Waals surface area contributed by atoms with E-state index in [1.165, 1.54) is 0 Å². The van der Waals surface area contributed by atoms with Gasteiger partial charge in [-0.1, -0.05) is 30.4 Å². The fourth-order valence-electron chi connectivity index (χ4n) is 3.77. The molecule has 2 fully saturated rings. The molecule has 0 aromatic heterocycles. The maximum absolute atomic E-state index is 12.4. The van der Waals surface area contributed by atoms with E-state index < -0.39 is 5.91 Å². The minimum atomic E-state index is -0.433. The highest BCUT2D eigenvalue weighted by Crippen LogP contribution is 2.52. The van der Waals surface area contributed by atoms with Crippen molar-refractivity contribution in [2.45, 2.75) is 6.42 Å². The molecule has 1 aromatic rings. The number of carbonyl (C=O) groups is 3. The number of nitrogens with one attached hydrogen (secondary N) is 1. The fraction of sp³-hybridized carbons (Fsp3) is 0.312. The second kappa shape index (κ2) is 4.28. The summed E-state index contributed by atoms with van der Waals surface area (Å²) in [5.41, 5.74) is 2.89. The number of amides is 3. The summed E-state index contributed by atoms with van der Waals surface area (Å²) in [5, 5.41) is 0.927. The summed E-state index contributed by atoms with van der Waals surface area (Å²) in [6.07, 6.45) is 4.94. The Bertz CT molecular complexity index is 637. The minimum absolute atomic E-state index is 0.148. The summed E-state index contributed by atoms with van der Waals surface area (Å²) in [5.74, 6) is -1.26. The Balaban J connectivity index is 1.56. The molecule has 1 saturated heterocycles. The maximum Gasteiger partial charge on any atom is 0.270 e. The molecule has 4 rings (SSSR count). The molecule has 2 aliphatic carbocycles. The Morgan fingerprint density at radius 1 is 1.00 bits per heavy atom. The van der Waals surface area contributed by atoms with Crippen molar-refractivity contribution in [3.63, 3.8) is 0 Å². The average molecular weight is 282 g/mol. The van der Waals surface area contributed by atoms with Gasteiger partial charge in [0.2, 0.25) is 0 Å². The van der Waals surface area contributed by atoms with E-state index in [1.54, 1.807) is 30.3 Å². The number of nitrogens with zero attached hydrogens (tertiary/aromatic N) is 1. The van der Waals surface area contributed by atoms with E-state index >= 15 is 0 Å². The van der Waals surface area contributed by atoms with E-state index in [2.05, 4.69) is 5.43 Å². The van der Waals surface area contributed by atoms with E-state index in [0.29, 0.717) is 5.56 Å². The number of hydrogen-bond donors (Lipinski definition) is 1. The molecule has 3 amide bonds. The van der Waals surface area contributed by atoms with E-state index in [0.717, 1.165) is 11.4 Å². The molecule has 106 valence electrons. The summed E-state index contributed by atoms with van der Waals surface area (Å²) < 4.78 is 0. The Morgan fingerprint density at radius 2 is 1.57 bits per heavy atom. The molecule has 1 saturated carbocycles. The molecule has 0 unspecified atom stereocenters. The second-order valence-corrected chi connectivity index (χ2v) is 5.82. The molecule has 4 atom stereocenters. The summed E-state index contributed by atoms with van der Waals surface area (Å²) in [6.45, 7) is 0. The minimum Gasteiger partial charge on any atom is -0.272 e. The molecule has 0 radical (unpaired) electrons. The predicted octanol–water partition coefficient (Wildman–Crippen LogP) is 1.14. The number of fused-ring (bicyclic) bond motifs is 5. The number of rotatable bonds is 2. The van der Waals surface area contributed by atoms with Gasteiger partial charge < -0.3 is 0 Å². The molecule has 21 heavy (non-hydrogen) atoms. The Hall–Kier alpha value is -2.43. The van der Waals surface area contributed by atoms with Gasteiger partial charge in [-0.25, -0.2) is 0 Å². The zero-order chi connectivity index (χ0) is 14.6. The summed E-state index contributed by atoms with van der Waals surface area (Å²) in [4.78, 5) is 36.9. The second-order valence-electron chi connectivity index (χ2n) is 5.82. The van der Waals surface area contributed by atoms with Crippen LogP contribution in [0, 0.1) is 23.7 Å². The highest BCUT2D eigenvalue weighted by Gasteiger charge is 2.59. The van der Waals surface area contributed by atoms with Crippen LogP contribution in [0.4, 0.5) is 0 Å². The summed E-state index contributed by atoms with van der Waals surface area (Å²) in [6, 6.07) is 8.57. The first-order valence-corrected chi connectivity index (χ1v) is 7.09. The Labute approximate surface area is 121 Å². The van der Waals surface area contributed by atoms with Crippen LogP contribution in [0.5, 0.6) is 0 Å². The molecule has 1 N–H and O–H groups in total. The van der Waals surface area contributed by atoms with Crippen molar-refractivity contribution >= 4 is 17.7 Å². The van der Waals surface area contributed by atoms with Gasteiger partial charge >= 0.3 is 0 Å². The van der Waals surface area contributed by atoms with E-state index in [4.69, 9.17) is 0 Å². The third-order valence-corrected chi connectivity index (χ3v) is 4.72. The first-order valence-electron chi connectivity index (χ1n) is 7.09.